The number of nitrogens with one attached hydrogen (secondary N) is 3. The number of aromatic nitrogens is 1. The van der Waals surface area contributed by atoms with Crippen LogP contribution in [-0.2, 0) is 29.1 Å². The second kappa shape index (κ2) is 14.9. The SMILES string of the molecule is COc1cc(F)cc2c(O[C@@H]3C[C@H]4C(=O)N[C@]5(C(=O)NS(=O)(=O)C6(C)CC6)C[C@H]5/C=C\CC[C@H](C)C[C@@H](C)[C@H](NC(=O)OC(C)(C)C)C(=O)N4C3)nccc12. The van der Waals surface area contributed by atoms with Crippen LogP contribution in [0.15, 0.2) is 36.5 Å². The van der Waals surface area contributed by atoms with Crippen molar-refractivity contribution in [2.75, 3.05) is 13.7 Å². The summed E-state index contributed by atoms with van der Waals surface area (Å²) in [6.45, 7) is 10.5. The zero-order valence-electron chi connectivity index (χ0n) is 32.4. The van der Waals surface area contributed by atoms with E-state index in [1.807, 2.05) is 19.1 Å². The van der Waals surface area contributed by atoms with Crippen molar-refractivity contribution in [3.05, 3.63) is 42.4 Å². The smallest absolute Gasteiger partial charge is 0.408 e. The molecular weight excluding hydrogens is 734 g/mol. The molecular formula is C39H52FN5O9S. The lowest BCUT2D eigenvalue weighted by Gasteiger charge is -2.33. The van der Waals surface area contributed by atoms with Crippen molar-refractivity contribution in [2.45, 2.75) is 121 Å². The minimum Gasteiger partial charge on any atom is -0.496 e. The predicted molar refractivity (Wildman–Crippen MR) is 201 cm³/mol. The molecule has 4 aliphatic rings. The monoisotopic (exact) mass is 785 g/mol. The molecule has 16 heteroatoms. The van der Waals surface area contributed by atoms with Gasteiger partial charge in [-0.1, -0.05) is 26.0 Å². The molecule has 2 aliphatic carbocycles. The summed E-state index contributed by atoms with van der Waals surface area (Å²) >= 11 is 0. The third kappa shape index (κ3) is 8.53. The van der Waals surface area contributed by atoms with E-state index in [1.165, 1.54) is 30.3 Å². The van der Waals surface area contributed by atoms with Gasteiger partial charge in [0.05, 0.1) is 23.8 Å². The number of rotatable bonds is 7. The number of benzene rings is 1. The van der Waals surface area contributed by atoms with E-state index < -0.39 is 79.6 Å². The van der Waals surface area contributed by atoms with Gasteiger partial charge in [-0.2, -0.15) is 0 Å². The van der Waals surface area contributed by atoms with E-state index in [1.54, 1.807) is 33.8 Å². The largest absolute Gasteiger partial charge is 0.496 e. The molecule has 14 nitrogen and oxygen atoms in total. The third-order valence-corrected chi connectivity index (χ3v) is 13.3. The number of methoxy groups -OCH3 is 1. The molecule has 2 aliphatic heterocycles. The molecule has 0 bridgehead atoms. The maximum Gasteiger partial charge on any atom is 0.408 e. The maximum absolute atomic E-state index is 14.7. The summed E-state index contributed by atoms with van der Waals surface area (Å²) in [7, 11) is -2.61. The summed E-state index contributed by atoms with van der Waals surface area (Å²) in [5.74, 6) is -3.08. The molecule has 3 heterocycles. The van der Waals surface area contributed by atoms with E-state index in [2.05, 4.69) is 27.3 Å². The van der Waals surface area contributed by atoms with Crippen molar-refractivity contribution in [3.63, 3.8) is 0 Å². The Labute approximate surface area is 321 Å². The number of sulfonamides is 1. The summed E-state index contributed by atoms with van der Waals surface area (Å²) in [5, 5.41) is 6.49. The first kappa shape index (κ1) is 40.2. The van der Waals surface area contributed by atoms with Gasteiger partial charge in [0.25, 0.3) is 5.91 Å². The van der Waals surface area contributed by atoms with Gasteiger partial charge in [-0.05, 0) is 90.2 Å². The fraction of sp³-hybridized carbons (Fsp3) is 0.615. The molecule has 3 N–H and O–H groups in total. The normalized spacial score (nSPS) is 30.1. The number of nitrogens with zero attached hydrogens (tertiary/aromatic N) is 2. The summed E-state index contributed by atoms with van der Waals surface area (Å²) in [6.07, 6.45) is 6.52. The van der Waals surface area contributed by atoms with Crippen LogP contribution in [0.5, 0.6) is 11.6 Å². The molecule has 55 heavy (non-hydrogen) atoms. The maximum atomic E-state index is 14.7. The number of fused-ring (bicyclic) bond motifs is 3. The average Bonchev–Trinajstić information content (AvgIpc) is 3.97. The number of hydrogen-bond donors (Lipinski definition) is 3. The second-order valence-electron chi connectivity index (χ2n) is 16.9. The fourth-order valence-corrected chi connectivity index (χ4v) is 8.96. The van der Waals surface area contributed by atoms with E-state index in [0.717, 1.165) is 6.42 Å². The molecule has 4 amide bonds. The van der Waals surface area contributed by atoms with Crippen LogP contribution in [0.25, 0.3) is 10.8 Å². The molecule has 3 fully saturated rings. The Balaban J connectivity index is 1.36. The molecule has 0 radical (unpaired) electrons. The highest BCUT2D eigenvalue weighted by atomic mass is 32.2. The van der Waals surface area contributed by atoms with Crippen LogP contribution in [-0.4, -0.2) is 89.8 Å². The summed E-state index contributed by atoms with van der Waals surface area (Å²) in [5.41, 5.74) is -2.42. The van der Waals surface area contributed by atoms with Gasteiger partial charge < -0.3 is 29.7 Å². The van der Waals surface area contributed by atoms with Gasteiger partial charge in [0, 0.05) is 30.0 Å². The van der Waals surface area contributed by atoms with Crippen LogP contribution >= 0.6 is 0 Å². The van der Waals surface area contributed by atoms with Crippen LogP contribution < -0.4 is 24.8 Å². The van der Waals surface area contributed by atoms with Crippen molar-refractivity contribution >= 4 is 44.6 Å². The summed E-state index contributed by atoms with van der Waals surface area (Å²) < 4.78 is 59.5. The Hall–Kier alpha value is -4.47. The van der Waals surface area contributed by atoms with Gasteiger partial charge in [0.1, 0.15) is 40.9 Å². The number of allylic oxidation sites excluding steroid dienone is 1. The van der Waals surface area contributed by atoms with Crippen LogP contribution in [0, 0.1) is 23.6 Å². The number of carbonyl (C=O) groups excluding carboxylic acids is 4. The summed E-state index contributed by atoms with van der Waals surface area (Å²) in [6, 6.07) is 1.85. The summed E-state index contributed by atoms with van der Waals surface area (Å²) in [4.78, 5) is 62.0. The molecule has 1 aromatic carbocycles. The number of amides is 4. The molecule has 0 unspecified atom stereocenters. The highest BCUT2D eigenvalue weighted by Crippen LogP contribution is 2.47. The quantitative estimate of drug-likeness (QED) is 0.338. The van der Waals surface area contributed by atoms with E-state index >= 15 is 0 Å². The average molecular weight is 786 g/mol. The van der Waals surface area contributed by atoms with Crippen LogP contribution in [0.3, 0.4) is 0 Å². The fourth-order valence-electron chi connectivity index (χ4n) is 7.64. The molecule has 7 atom stereocenters. The Bertz CT molecular complexity index is 2000. The van der Waals surface area contributed by atoms with Crippen molar-refractivity contribution in [2.24, 2.45) is 17.8 Å². The zero-order valence-corrected chi connectivity index (χ0v) is 33.3. The Kier molecular flexibility index (Phi) is 10.9. The number of carbonyl (C=O) groups is 4. The first-order valence-electron chi connectivity index (χ1n) is 18.9. The van der Waals surface area contributed by atoms with E-state index in [9.17, 15) is 32.0 Å². The highest BCUT2D eigenvalue weighted by molar-refractivity contribution is 7.91. The zero-order chi connectivity index (χ0) is 40.1. The van der Waals surface area contributed by atoms with Crippen molar-refractivity contribution in [1.29, 1.82) is 0 Å². The van der Waals surface area contributed by atoms with Crippen LogP contribution in [0.2, 0.25) is 0 Å². The van der Waals surface area contributed by atoms with Gasteiger partial charge >= 0.3 is 6.09 Å². The van der Waals surface area contributed by atoms with Crippen LogP contribution in [0.4, 0.5) is 9.18 Å². The molecule has 300 valence electrons. The standard InChI is InChI=1S/C39H52FN5O9S/c1-22-10-8-9-11-24-20-39(24,35(48)44-55(50,51)38(6)13-14-38)43-32(46)29-19-26(53-33-28-17-25(40)18-30(52-7)27(28)12-15-41-33)21-45(29)34(47)31(23(2)16-22)42-36(49)54-37(3,4)5/h9,11-12,15,17-18,22-24,26,29,31H,8,10,13-14,16,19-21H2,1-7H3,(H,42,49)(H,43,46)(H,44,48)/b11-9-/t22-,23+,24+,26+,29-,31-,39+/m0/s1. The van der Waals surface area contributed by atoms with E-state index in [-0.39, 0.29) is 42.9 Å². The molecule has 0 spiro atoms. The number of pyridine rings is 1. The lowest BCUT2D eigenvalue weighted by molar-refractivity contribution is -0.142. The molecule has 6 rings (SSSR count). The van der Waals surface area contributed by atoms with E-state index in [4.69, 9.17) is 14.2 Å². The first-order valence-corrected chi connectivity index (χ1v) is 20.4. The third-order valence-electron chi connectivity index (χ3n) is 11.2. The molecule has 1 saturated heterocycles. The van der Waals surface area contributed by atoms with Gasteiger partial charge in [-0.3, -0.25) is 19.1 Å². The topological polar surface area (TPSA) is 182 Å². The Morgan fingerprint density at radius 1 is 1.11 bits per heavy atom. The molecule has 2 saturated carbocycles. The van der Waals surface area contributed by atoms with Crippen molar-refractivity contribution in [1.82, 2.24) is 25.2 Å². The minimum absolute atomic E-state index is 0.0550. The van der Waals surface area contributed by atoms with Gasteiger partial charge in [0.15, 0.2) is 0 Å². The Morgan fingerprint density at radius 3 is 2.51 bits per heavy atom. The van der Waals surface area contributed by atoms with Crippen molar-refractivity contribution < 1.29 is 46.2 Å². The van der Waals surface area contributed by atoms with Gasteiger partial charge in [0.2, 0.25) is 27.7 Å². The van der Waals surface area contributed by atoms with Crippen molar-refractivity contribution in [3.8, 4) is 11.6 Å². The number of halogens is 1. The first-order chi connectivity index (χ1) is 25.8. The number of alkyl carbamates (subject to hydrolysis) is 1. The van der Waals surface area contributed by atoms with Gasteiger partial charge in [-0.15, -0.1) is 0 Å². The molecule has 2 aromatic rings. The minimum atomic E-state index is -4.03. The Morgan fingerprint density at radius 2 is 1.84 bits per heavy atom. The van der Waals surface area contributed by atoms with Crippen LogP contribution in [0.1, 0.15) is 86.5 Å². The highest BCUT2D eigenvalue weighted by Gasteiger charge is 2.63. The number of hydrogen-bond acceptors (Lipinski definition) is 10. The number of ether oxygens (including phenoxy) is 3. The van der Waals surface area contributed by atoms with Gasteiger partial charge in [-0.25, -0.2) is 22.6 Å². The lowest BCUT2D eigenvalue weighted by atomic mass is 9.88. The lowest BCUT2D eigenvalue weighted by Crippen LogP contribution is -2.59. The van der Waals surface area contributed by atoms with E-state index in [0.29, 0.717) is 36.5 Å². The predicted octanol–water partition coefficient (Wildman–Crippen LogP) is 4.51. The molecule has 1 aromatic heterocycles. The second-order valence-corrected chi connectivity index (χ2v) is 19.1.